The van der Waals surface area contributed by atoms with E-state index < -0.39 is 0 Å². The van der Waals surface area contributed by atoms with Gasteiger partial charge in [-0.05, 0) is 53.0 Å². The molecule has 1 heterocycles. The van der Waals surface area contributed by atoms with E-state index >= 15 is 0 Å². The van der Waals surface area contributed by atoms with Gasteiger partial charge in [0.15, 0.2) is 10.4 Å². The average Bonchev–Trinajstić information content (AvgIpc) is 2.84. The van der Waals surface area contributed by atoms with Crippen LogP contribution in [0.25, 0.3) is 0 Å². The molecule has 0 unspecified atom stereocenters. The molecule has 1 aromatic heterocycles. The number of nitrogens with zero attached hydrogens (tertiary/aromatic N) is 1. The van der Waals surface area contributed by atoms with Gasteiger partial charge < -0.3 is 9.32 Å². The molecule has 19 heavy (non-hydrogen) atoms. The van der Waals surface area contributed by atoms with Crippen LogP contribution in [0.2, 0.25) is 0 Å². The van der Waals surface area contributed by atoms with Crippen LogP contribution < -0.4 is 0 Å². The largest absolute Gasteiger partial charge is 0.444 e. The van der Waals surface area contributed by atoms with E-state index in [0.29, 0.717) is 23.5 Å². The van der Waals surface area contributed by atoms with E-state index in [1.807, 2.05) is 25.1 Å². The Bertz CT molecular complexity index is 577. The average molecular weight is 322 g/mol. The first-order valence-corrected chi connectivity index (χ1v) is 7.00. The van der Waals surface area contributed by atoms with Crippen molar-refractivity contribution in [1.82, 2.24) is 4.90 Å². The van der Waals surface area contributed by atoms with Gasteiger partial charge in [-0.25, -0.2) is 0 Å². The summed E-state index contributed by atoms with van der Waals surface area (Å²) in [6.45, 7) is 5.26. The van der Waals surface area contributed by atoms with Crippen LogP contribution >= 0.6 is 15.9 Å². The first kappa shape index (κ1) is 13.9. The molecule has 0 aliphatic rings. The summed E-state index contributed by atoms with van der Waals surface area (Å²) in [5, 5.41) is 0. The molecule has 0 aliphatic heterocycles. The quantitative estimate of drug-likeness (QED) is 0.852. The zero-order valence-corrected chi connectivity index (χ0v) is 12.6. The fourth-order valence-electron chi connectivity index (χ4n) is 1.91. The predicted octanol–water partition coefficient (Wildman–Crippen LogP) is 4.01. The van der Waals surface area contributed by atoms with Crippen LogP contribution in [0.1, 0.15) is 28.6 Å². The molecule has 0 radical (unpaired) electrons. The van der Waals surface area contributed by atoms with Crippen molar-refractivity contribution in [3.8, 4) is 0 Å². The second-order valence-electron chi connectivity index (χ2n) is 4.35. The van der Waals surface area contributed by atoms with Gasteiger partial charge in [0, 0.05) is 13.1 Å². The molecule has 4 heteroatoms. The maximum absolute atomic E-state index is 12.3. The van der Waals surface area contributed by atoms with E-state index in [-0.39, 0.29) is 5.91 Å². The van der Waals surface area contributed by atoms with Crippen LogP contribution in [0.15, 0.2) is 45.5 Å². The third-order valence-electron chi connectivity index (χ3n) is 3.08. The summed E-state index contributed by atoms with van der Waals surface area (Å²) < 4.78 is 5.89. The summed E-state index contributed by atoms with van der Waals surface area (Å²) in [6, 6.07) is 11.5. The minimum atomic E-state index is -0.0866. The second-order valence-corrected chi connectivity index (χ2v) is 5.13. The smallest absolute Gasteiger partial charge is 0.289 e. The van der Waals surface area contributed by atoms with Crippen LogP contribution in [0.4, 0.5) is 0 Å². The summed E-state index contributed by atoms with van der Waals surface area (Å²) in [4.78, 5) is 14.1. The predicted molar refractivity (Wildman–Crippen MR) is 78.0 cm³/mol. The van der Waals surface area contributed by atoms with Gasteiger partial charge in [0.05, 0.1) is 0 Å². The van der Waals surface area contributed by atoms with Crippen LogP contribution in [-0.4, -0.2) is 17.4 Å². The van der Waals surface area contributed by atoms with E-state index in [2.05, 4.69) is 28.9 Å². The Kier molecular flexibility index (Phi) is 4.43. The fourth-order valence-corrected chi connectivity index (χ4v) is 2.21. The number of carbonyl (C=O) groups is 1. The maximum atomic E-state index is 12.3. The molecule has 0 atom stereocenters. The van der Waals surface area contributed by atoms with Gasteiger partial charge in [-0.1, -0.05) is 24.3 Å². The van der Waals surface area contributed by atoms with Crippen molar-refractivity contribution in [1.29, 1.82) is 0 Å². The number of rotatable bonds is 4. The minimum Gasteiger partial charge on any atom is -0.444 e. The number of amides is 1. The molecule has 0 bridgehead atoms. The summed E-state index contributed by atoms with van der Waals surface area (Å²) in [7, 11) is 0. The van der Waals surface area contributed by atoms with E-state index in [4.69, 9.17) is 4.42 Å². The molecule has 0 N–H and O–H groups in total. The van der Waals surface area contributed by atoms with Crippen molar-refractivity contribution >= 4 is 21.8 Å². The Morgan fingerprint density at radius 3 is 2.58 bits per heavy atom. The van der Waals surface area contributed by atoms with Gasteiger partial charge in [-0.3, -0.25) is 4.79 Å². The Labute approximate surface area is 121 Å². The fraction of sp³-hybridized carbons (Fsp3) is 0.267. The lowest BCUT2D eigenvalue weighted by atomic mass is 10.1. The van der Waals surface area contributed by atoms with Crippen LogP contribution in [0.3, 0.4) is 0 Å². The van der Waals surface area contributed by atoms with Gasteiger partial charge in [-0.15, -0.1) is 0 Å². The van der Waals surface area contributed by atoms with Crippen LogP contribution in [0, 0.1) is 6.92 Å². The summed E-state index contributed by atoms with van der Waals surface area (Å²) in [6.07, 6.45) is 0. The monoisotopic (exact) mass is 321 g/mol. The standard InChI is InChI=1S/C15H16BrNO2/c1-3-17(10-12-7-5-4-6-11(12)2)15(18)13-8-9-14(16)19-13/h4-9H,3,10H2,1-2H3. The van der Waals surface area contributed by atoms with E-state index in [9.17, 15) is 4.79 Å². The summed E-state index contributed by atoms with van der Waals surface area (Å²) in [5.41, 5.74) is 2.35. The van der Waals surface area contributed by atoms with Crippen molar-refractivity contribution < 1.29 is 9.21 Å². The zero-order chi connectivity index (χ0) is 13.8. The normalized spacial score (nSPS) is 10.5. The Hall–Kier alpha value is -1.55. The Morgan fingerprint density at radius 2 is 2.00 bits per heavy atom. The Morgan fingerprint density at radius 1 is 1.26 bits per heavy atom. The molecule has 0 saturated carbocycles. The van der Waals surface area contributed by atoms with Crippen LogP contribution in [0.5, 0.6) is 0 Å². The Balaban J connectivity index is 2.17. The highest BCUT2D eigenvalue weighted by Crippen LogP contribution is 2.18. The first-order valence-electron chi connectivity index (χ1n) is 6.21. The van der Waals surface area contributed by atoms with E-state index in [1.54, 1.807) is 17.0 Å². The number of furan rings is 1. The number of halogens is 1. The molecule has 0 aliphatic carbocycles. The van der Waals surface area contributed by atoms with Gasteiger partial charge in [0.2, 0.25) is 0 Å². The van der Waals surface area contributed by atoms with Crippen molar-refractivity contribution in [2.45, 2.75) is 20.4 Å². The summed E-state index contributed by atoms with van der Waals surface area (Å²) >= 11 is 3.21. The second kappa shape index (κ2) is 6.06. The number of aryl methyl sites for hydroxylation is 1. The van der Waals surface area contributed by atoms with Crippen molar-refractivity contribution in [2.75, 3.05) is 6.54 Å². The van der Waals surface area contributed by atoms with Crippen molar-refractivity contribution in [3.05, 3.63) is 58.0 Å². The van der Waals surface area contributed by atoms with Crippen molar-refractivity contribution in [3.63, 3.8) is 0 Å². The SMILES string of the molecule is CCN(Cc1ccccc1C)C(=O)c1ccc(Br)o1. The van der Waals surface area contributed by atoms with E-state index in [0.717, 1.165) is 5.56 Å². The lowest BCUT2D eigenvalue weighted by Gasteiger charge is -2.20. The van der Waals surface area contributed by atoms with Gasteiger partial charge in [0.25, 0.3) is 5.91 Å². The molecule has 0 fully saturated rings. The van der Waals surface area contributed by atoms with Gasteiger partial charge in [-0.2, -0.15) is 0 Å². The number of carbonyl (C=O) groups excluding carboxylic acids is 1. The van der Waals surface area contributed by atoms with Crippen LogP contribution in [-0.2, 0) is 6.54 Å². The third kappa shape index (κ3) is 3.26. The molecular weight excluding hydrogens is 306 g/mol. The molecule has 2 rings (SSSR count). The molecule has 3 nitrogen and oxygen atoms in total. The molecule has 0 spiro atoms. The minimum absolute atomic E-state index is 0.0866. The lowest BCUT2D eigenvalue weighted by Crippen LogP contribution is -2.30. The molecule has 2 aromatic rings. The molecular formula is C15H16BrNO2. The van der Waals surface area contributed by atoms with E-state index in [1.165, 1.54) is 5.56 Å². The van der Waals surface area contributed by atoms with Crippen molar-refractivity contribution in [2.24, 2.45) is 0 Å². The highest BCUT2D eigenvalue weighted by Gasteiger charge is 2.18. The maximum Gasteiger partial charge on any atom is 0.289 e. The van der Waals surface area contributed by atoms with Gasteiger partial charge in [0.1, 0.15) is 0 Å². The zero-order valence-electron chi connectivity index (χ0n) is 11.0. The molecule has 1 aromatic carbocycles. The number of hydrogen-bond donors (Lipinski definition) is 0. The topological polar surface area (TPSA) is 33.5 Å². The number of hydrogen-bond acceptors (Lipinski definition) is 2. The molecule has 100 valence electrons. The molecule has 1 amide bonds. The lowest BCUT2D eigenvalue weighted by molar-refractivity contribution is 0.0719. The third-order valence-corrected chi connectivity index (χ3v) is 3.50. The highest BCUT2D eigenvalue weighted by atomic mass is 79.9. The number of benzene rings is 1. The van der Waals surface area contributed by atoms with Gasteiger partial charge >= 0.3 is 0 Å². The first-order chi connectivity index (χ1) is 9.11. The highest BCUT2D eigenvalue weighted by molar-refractivity contribution is 9.10. The molecule has 0 saturated heterocycles. The summed E-state index contributed by atoms with van der Waals surface area (Å²) in [5.74, 6) is 0.277.